The van der Waals surface area contributed by atoms with Crippen LogP contribution in [0.2, 0.25) is 0 Å². The van der Waals surface area contributed by atoms with Gasteiger partial charge in [0.05, 0.1) is 35.1 Å². The Morgan fingerprint density at radius 1 is 1.07 bits per heavy atom. The van der Waals surface area contributed by atoms with Crippen molar-refractivity contribution in [2.24, 2.45) is 7.05 Å². The number of ether oxygens (including phenoxy) is 1. The maximum absolute atomic E-state index is 13.5. The first-order valence-corrected chi connectivity index (χ1v) is 13.6. The van der Waals surface area contributed by atoms with Crippen molar-refractivity contribution < 1.29 is 22.7 Å². The van der Waals surface area contributed by atoms with E-state index in [1.165, 1.54) is 13.2 Å². The van der Waals surface area contributed by atoms with Crippen LogP contribution >= 0.6 is 0 Å². The number of benzene rings is 3. The summed E-state index contributed by atoms with van der Waals surface area (Å²) in [5, 5.41) is 12.8. The number of nitrogens with zero attached hydrogens (tertiary/aromatic N) is 3. The summed E-state index contributed by atoms with van der Waals surface area (Å²) in [6, 6.07) is 9.34. The number of anilines is 2. The van der Waals surface area contributed by atoms with Gasteiger partial charge in [0.25, 0.3) is 5.91 Å². The van der Waals surface area contributed by atoms with Crippen LogP contribution in [0.15, 0.2) is 42.6 Å². The van der Waals surface area contributed by atoms with E-state index in [9.17, 15) is 18.0 Å². The number of aryl methyl sites for hydroxylation is 3. The summed E-state index contributed by atoms with van der Waals surface area (Å²) in [6.45, 7) is 4.68. The van der Waals surface area contributed by atoms with Gasteiger partial charge in [0.2, 0.25) is 0 Å². The molecule has 0 fully saturated rings. The molecule has 2 N–H and O–H groups in total. The zero-order valence-corrected chi connectivity index (χ0v) is 23.0. The average molecular weight is 560 g/mol. The summed E-state index contributed by atoms with van der Waals surface area (Å²) in [7, 11) is 3.33. The number of rotatable bonds is 4. The molecule has 41 heavy (non-hydrogen) atoms. The third kappa shape index (κ3) is 3.73. The number of fused-ring (bicyclic) bond motifs is 10. The quantitative estimate of drug-likeness (QED) is 0.252. The molecule has 0 saturated carbocycles. The molecular weight excluding hydrogens is 531 g/mol. The molecule has 0 spiro atoms. The zero-order valence-electron chi connectivity index (χ0n) is 23.0. The van der Waals surface area contributed by atoms with Gasteiger partial charge in [-0.15, -0.1) is 0 Å². The molecule has 10 heteroatoms. The molecular formula is C31H28F3N5O2. The Bertz CT molecular complexity index is 1920. The fourth-order valence-corrected chi connectivity index (χ4v) is 6.61. The van der Waals surface area contributed by atoms with E-state index in [0.29, 0.717) is 23.5 Å². The molecule has 1 aliphatic heterocycles. The fourth-order valence-electron chi connectivity index (χ4n) is 6.61. The molecule has 0 atom stereocenters. The van der Waals surface area contributed by atoms with E-state index >= 15 is 0 Å². The van der Waals surface area contributed by atoms with Crippen molar-refractivity contribution in [3.05, 3.63) is 70.5 Å². The number of aromatic nitrogens is 3. The molecule has 1 aliphatic carbocycles. The first-order valence-electron chi connectivity index (χ1n) is 13.6. The predicted molar refractivity (Wildman–Crippen MR) is 152 cm³/mol. The van der Waals surface area contributed by atoms with Crippen LogP contribution in [0.4, 0.5) is 24.5 Å². The van der Waals surface area contributed by atoms with E-state index in [-0.39, 0.29) is 17.6 Å². The Labute approximate surface area is 233 Å². The normalized spacial score (nSPS) is 14.4. The molecule has 0 bridgehead atoms. The number of alkyl halides is 3. The number of amides is 1. The second-order valence-electron chi connectivity index (χ2n) is 11.0. The Morgan fingerprint density at radius 2 is 1.88 bits per heavy atom. The highest BCUT2D eigenvalue weighted by molar-refractivity contribution is 6.20. The number of nitrogens with one attached hydrogen (secondary N) is 2. The molecule has 7 rings (SSSR count). The van der Waals surface area contributed by atoms with Crippen LogP contribution in [0, 0.1) is 0 Å². The van der Waals surface area contributed by atoms with Gasteiger partial charge in [-0.3, -0.25) is 9.48 Å². The molecule has 3 aromatic carbocycles. The molecule has 0 unspecified atom stereocenters. The molecule has 3 heterocycles. The molecule has 7 nitrogen and oxygen atoms in total. The van der Waals surface area contributed by atoms with Gasteiger partial charge in [-0.05, 0) is 74.2 Å². The van der Waals surface area contributed by atoms with Crippen molar-refractivity contribution in [3.8, 4) is 16.9 Å². The lowest BCUT2D eigenvalue weighted by Gasteiger charge is -2.22. The third-order valence-corrected chi connectivity index (χ3v) is 8.21. The largest absolute Gasteiger partial charge is 0.495 e. The lowest BCUT2D eigenvalue weighted by molar-refractivity contribution is -0.137. The number of hydrogen-bond donors (Lipinski definition) is 2. The molecule has 5 aromatic rings. The number of halogens is 3. The predicted octanol–water partition coefficient (Wildman–Crippen LogP) is 6.89. The van der Waals surface area contributed by atoms with E-state index in [2.05, 4.69) is 34.1 Å². The molecule has 2 aliphatic rings. The standard InChI is InChI=1S/C31H28F3N5O2/c1-15(2)39-24-9-6-17(36-23-11-16(31(32,33)34)5-10-25(23)41-4)12-19(24)27-20-13-35-30(40)28(20)26-18(29(27)39)7-8-22-21(26)14-38(3)37-22/h5-6,9-12,14-15,36H,7-8,13H2,1-4H3,(H,35,40). The maximum Gasteiger partial charge on any atom is 0.416 e. The lowest BCUT2D eigenvalue weighted by Crippen LogP contribution is -2.15. The Morgan fingerprint density at radius 3 is 2.61 bits per heavy atom. The first-order chi connectivity index (χ1) is 19.6. The van der Waals surface area contributed by atoms with Gasteiger partial charge in [-0.25, -0.2) is 0 Å². The number of hydrogen-bond acceptors (Lipinski definition) is 4. The number of carbonyl (C=O) groups excluding carboxylic acids is 1. The van der Waals surface area contributed by atoms with E-state index in [0.717, 1.165) is 74.7 Å². The minimum Gasteiger partial charge on any atom is -0.495 e. The van der Waals surface area contributed by atoms with Crippen LogP contribution in [-0.2, 0) is 32.6 Å². The topological polar surface area (TPSA) is 73.1 Å². The second kappa shape index (κ2) is 8.76. The second-order valence-corrected chi connectivity index (χ2v) is 11.0. The summed E-state index contributed by atoms with van der Waals surface area (Å²) in [4.78, 5) is 13.3. The van der Waals surface area contributed by atoms with Crippen molar-refractivity contribution >= 4 is 39.1 Å². The Kier molecular flexibility index (Phi) is 5.45. The van der Waals surface area contributed by atoms with Crippen LogP contribution in [0.3, 0.4) is 0 Å². The molecule has 1 amide bonds. The van der Waals surface area contributed by atoms with Gasteiger partial charge in [-0.1, -0.05) is 0 Å². The van der Waals surface area contributed by atoms with Crippen molar-refractivity contribution in [3.63, 3.8) is 0 Å². The van der Waals surface area contributed by atoms with Crippen LogP contribution < -0.4 is 15.4 Å². The summed E-state index contributed by atoms with van der Waals surface area (Å²) in [5.41, 5.74) is 7.92. The number of methoxy groups -OCH3 is 1. The number of carbonyl (C=O) groups is 1. The van der Waals surface area contributed by atoms with Crippen molar-refractivity contribution in [1.82, 2.24) is 19.7 Å². The lowest BCUT2D eigenvalue weighted by atomic mass is 9.82. The average Bonchev–Trinajstić information content (AvgIpc) is 3.60. The van der Waals surface area contributed by atoms with Gasteiger partial charge in [0.15, 0.2) is 0 Å². The summed E-state index contributed by atoms with van der Waals surface area (Å²) < 4.78 is 49.9. The van der Waals surface area contributed by atoms with Crippen LogP contribution in [0.25, 0.3) is 32.9 Å². The van der Waals surface area contributed by atoms with Crippen molar-refractivity contribution in [2.45, 2.75) is 45.5 Å². The summed E-state index contributed by atoms with van der Waals surface area (Å²) in [5.74, 6) is 0.211. The zero-order chi connectivity index (χ0) is 28.8. The Hall–Kier alpha value is -4.47. The minimum atomic E-state index is -4.48. The smallest absolute Gasteiger partial charge is 0.416 e. The van der Waals surface area contributed by atoms with Crippen molar-refractivity contribution in [1.29, 1.82) is 0 Å². The maximum atomic E-state index is 13.5. The van der Waals surface area contributed by atoms with Crippen LogP contribution in [0.5, 0.6) is 5.75 Å². The Balaban J connectivity index is 1.50. The van der Waals surface area contributed by atoms with Gasteiger partial charge < -0.3 is 19.9 Å². The fraction of sp³-hybridized carbons (Fsp3) is 0.290. The summed E-state index contributed by atoms with van der Waals surface area (Å²) >= 11 is 0. The highest BCUT2D eigenvalue weighted by atomic mass is 19.4. The molecule has 210 valence electrons. The van der Waals surface area contributed by atoms with E-state index in [1.54, 1.807) is 4.68 Å². The van der Waals surface area contributed by atoms with E-state index in [1.807, 2.05) is 31.4 Å². The monoisotopic (exact) mass is 559 g/mol. The molecule has 0 radical (unpaired) electrons. The van der Waals surface area contributed by atoms with Crippen LogP contribution in [0.1, 0.15) is 52.6 Å². The SMILES string of the molecule is COc1ccc(C(F)(F)F)cc1Nc1ccc2c(c1)c1c3c(c4c(c1n2C(C)C)CCc1nn(C)cc1-4)C(=O)NC3. The third-order valence-electron chi connectivity index (χ3n) is 8.21. The minimum absolute atomic E-state index is 0.0942. The van der Waals surface area contributed by atoms with Crippen molar-refractivity contribution in [2.75, 3.05) is 12.4 Å². The van der Waals surface area contributed by atoms with Gasteiger partial charge in [0.1, 0.15) is 5.75 Å². The van der Waals surface area contributed by atoms with Gasteiger partial charge >= 0.3 is 6.18 Å². The molecule has 0 saturated heterocycles. The first kappa shape index (κ1) is 25.5. The highest BCUT2D eigenvalue weighted by Gasteiger charge is 2.36. The van der Waals surface area contributed by atoms with Gasteiger partial charge in [-0.2, -0.15) is 18.3 Å². The highest BCUT2D eigenvalue weighted by Crippen LogP contribution is 2.48. The van der Waals surface area contributed by atoms with Crippen LogP contribution in [-0.4, -0.2) is 27.4 Å². The van der Waals surface area contributed by atoms with Gasteiger partial charge in [0, 0.05) is 58.9 Å². The summed E-state index contributed by atoms with van der Waals surface area (Å²) in [6.07, 6.45) is -0.949. The van der Waals surface area contributed by atoms with E-state index < -0.39 is 11.7 Å². The molecule has 2 aromatic heterocycles. The van der Waals surface area contributed by atoms with E-state index in [4.69, 9.17) is 4.74 Å².